The van der Waals surface area contributed by atoms with Crippen molar-refractivity contribution in [3.05, 3.63) is 222 Å². The van der Waals surface area contributed by atoms with Gasteiger partial charge in [0, 0.05) is 26.5 Å². The van der Waals surface area contributed by atoms with Crippen molar-refractivity contribution in [2.45, 2.75) is 15.2 Å². The molecule has 0 amide bonds. The lowest BCUT2D eigenvalue weighted by molar-refractivity contribution is 0.723. The number of hydrogen-bond acceptors (Lipinski definition) is 5. The molecule has 0 bridgehead atoms. The van der Waals surface area contributed by atoms with Gasteiger partial charge in [0.15, 0.2) is 17.5 Å². The SMILES string of the molecule is N#Cc1ccc(-c2ccc3c(c2)C2(c4cc(-c5nc(-c6ccccc6)nc(-c6cccc(-c7ccccc7)c6)n5)ccc4S3)c3ccccc3-c3ccccc32)cc1. The van der Waals surface area contributed by atoms with Crippen LogP contribution >= 0.6 is 11.8 Å². The second kappa shape index (κ2) is 13.7. The molecule has 5 heteroatoms. The van der Waals surface area contributed by atoms with Crippen LogP contribution in [0.25, 0.3) is 67.5 Å². The Bertz CT molecular complexity index is 3050. The predicted molar refractivity (Wildman–Crippen MR) is 233 cm³/mol. The van der Waals surface area contributed by atoms with E-state index in [2.05, 4.69) is 152 Å². The molecule has 4 nitrogen and oxygen atoms in total. The maximum Gasteiger partial charge on any atom is 0.164 e. The number of nitrogens with zero attached hydrogens (tertiary/aromatic N) is 4. The second-order valence-electron chi connectivity index (χ2n) is 14.7. The van der Waals surface area contributed by atoms with Crippen LogP contribution in [-0.2, 0) is 5.41 Å². The van der Waals surface area contributed by atoms with Crippen LogP contribution in [0.4, 0.5) is 0 Å². The minimum atomic E-state index is -0.607. The van der Waals surface area contributed by atoms with Crippen LogP contribution in [0.2, 0.25) is 0 Å². The highest BCUT2D eigenvalue weighted by Crippen LogP contribution is 2.62. The largest absolute Gasteiger partial charge is 0.208 e. The zero-order valence-electron chi connectivity index (χ0n) is 31.2. The topological polar surface area (TPSA) is 62.5 Å². The van der Waals surface area contributed by atoms with E-state index in [4.69, 9.17) is 15.0 Å². The van der Waals surface area contributed by atoms with Crippen LogP contribution in [0.15, 0.2) is 204 Å². The van der Waals surface area contributed by atoms with E-state index in [0.717, 1.165) is 38.9 Å². The Morgan fingerprint density at radius 2 is 0.793 bits per heavy atom. The number of benzene rings is 8. The summed E-state index contributed by atoms with van der Waals surface area (Å²) in [4.78, 5) is 17.9. The Labute approximate surface area is 341 Å². The van der Waals surface area contributed by atoms with E-state index < -0.39 is 5.41 Å². The van der Waals surface area contributed by atoms with E-state index in [1.165, 1.54) is 43.2 Å². The van der Waals surface area contributed by atoms with Crippen molar-refractivity contribution in [1.29, 1.82) is 5.26 Å². The molecule has 0 fully saturated rings. The summed E-state index contributed by atoms with van der Waals surface area (Å²) in [6.07, 6.45) is 0. The monoisotopic (exact) mass is 756 g/mol. The van der Waals surface area contributed by atoms with Gasteiger partial charge in [-0.1, -0.05) is 163 Å². The van der Waals surface area contributed by atoms with Crippen molar-refractivity contribution in [3.8, 4) is 73.6 Å². The Morgan fingerprint density at radius 3 is 1.41 bits per heavy atom. The maximum absolute atomic E-state index is 9.52. The molecule has 0 radical (unpaired) electrons. The number of aromatic nitrogens is 3. The highest BCUT2D eigenvalue weighted by Gasteiger charge is 2.50. The number of nitriles is 1. The minimum absolute atomic E-state index is 0.607. The fourth-order valence-corrected chi connectivity index (χ4v) is 9.93. The van der Waals surface area contributed by atoms with Crippen LogP contribution < -0.4 is 0 Å². The molecule has 8 aromatic carbocycles. The Hall–Kier alpha value is -7.39. The first-order chi connectivity index (χ1) is 28.7. The third-order valence-electron chi connectivity index (χ3n) is 11.4. The number of hydrogen-bond donors (Lipinski definition) is 0. The molecule has 2 aliphatic rings. The van der Waals surface area contributed by atoms with Crippen molar-refractivity contribution >= 4 is 11.8 Å². The molecule has 9 aromatic rings. The van der Waals surface area contributed by atoms with Gasteiger partial charge in [0.1, 0.15) is 0 Å². The van der Waals surface area contributed by atoms with Gasteiger partial charge in [0.25, 0.3) is 0 Å². The molecular formula is C53H32N4S. The molecule has 0 atom stereocenters. The standard InChI is InChI=1S/C53H32N4S/c54-33-34-22-24-36(25-23-34)39-26-28-48-46(31-39)53(44-20-9-7-18-42(44)43-19-8-10-21-45(43)53)47-32-41(27-29-49(47)58-48)52-56-50(37-14-5-2-6-15-37)55-51(57-52)40-17-11-16-38(30-40)35-12-3-1-4-13-35/h1-32H. The Balaban J connectivity index is 1.14. The zero-order valence-corrected chi connectivity index (χ0v) is 32.0. The first-order valence-electron chi connectivity index (χ1n) is 19.3. The van der Waals surface area contributed by atoms with Crippen LogP contribution in [0.5, 0.6) is 0 Å². The van der Waals surface area contributed by atoms with Gasteiger partial charge >= 0.3 is 0 Å². The minimum Gasteiger partial charge on any atom is -0.208 e. The predicted octanol–water partition coefficient (Wildman–Crippen LogP) is 12.9. The third kappa shape index (κ3) is 5.42. The van der Waals surface area contributed by atoms with Gasteiger partial charge in [0.2, 0.25) is 0 Å². The van der Waals surface area contributed by atoms with E-state index in [0.29, 0.717) is 23.0 Å². The summed E-state index contributed by atoms with van der Waals surface area (Å²) in [5, 5.41) is 9.52. The van der Waals surface area contributed by atoms with Crippen molar-refractivity contribution < 1.29 is 0 Å². The molecule has 0 unspecified atom stereocenters. The van der Waals surface area contributed by atoms with Gasteiger partial charge in [-0.2, -0.15) is 5.26 Å². The van der Waals surface area contributed by atoms with Crippen LogP contribution in [0.3, 0.4) is 0 Å². The first-order valence-corrected chi connectivity index (χ1v) is 20.1. The fraction of sp³-hybridized carbons (Fsp3) is 0.0189. The molecule has 0 saturated carbocycles. The summed E-state index contributed by atoms with van der Waals surface area (Å²) >= 11 is 1.81. The summed E-state index contributed by atoms with van der Waals surface area (Å²) in [5.41, 5.74) is 14.7. The third-order valence-corrected chi connectivity index (χ3v) is 12.6. The number of rotatable bonds is 5. The zero-order chi connectivity index (χ0) is 38.6. The fourth-order valence-electron chi connectivity index (χ4n) is 8.78. The van der Waals surface area contributed by atoms with E-state index in [9.17, 15) is 5.26 Å². The van der Waals surface area contributed by atoms with Gasteiger partial charge in [-0.25, -0.2) is 15.0 Å². The lowest BCUT2D eigenvalue weighted by Crippen LogP contribution is -2.32. The summed E-state index contributed by atoms with van der Waals surface area (Å²) < 4.78 is 0. The summed E-state index contributed by atoms with van der Waals surface area (Å²) in [6.45, 7) is 0. The average molecular weight is 757 g/mol. The lowest BCUT2D eigenvalue weighted by atomic mass is 9.66. The molecule has 270 valence electrons. The Morgan fingerprint density at radius 1 is 0.362 bits per heavy atom. The molecule has 1 aliphatic heterocycles. The van der Waals surface area contributed by atoms with Gasteiger partial charge in [0.05, 0.1) is 17.0 Å². The van der Waals surface area contributed by atoms with Gasteiger partial charge in [-0.15, -0.1) is 0 Å². The highest BCUT2D eigenvalue weighted by molar-refractivity contribution is 7.99. The Kier molecular flexibility index (Phi) is 7.99. The molecule has 1 aromatic heterocycles. The highest BCUT2D eigenvalue weighted by atomic mass is 32.2. The normalized spacial score (nSPS) is 12.9. The van der Waals surface area contributed by atoms with E-state index in [-0.39, 0.29) is 0 Å². The second-order valence-corrected chi connectivity index (χ2v) is 15.8. The summed E-state index contributed by atoms with van der Waals surface area (Å²) in [5.74, 6) is 1.87. The van der Waals surface area contributed by atoms with Gasteiger partial charge in [-0.3, -0.25) is 0 Å². The smallest absolute Gasteiger partial charge is 0.164 e. The van der Waals surface area contributed by atoms with Crippen LogP contribution in [-0.4, -0.2) is 15.0 Å². The molecule has 1 spiro atoms. The van der Waals surface area contributed by atoms with E-state index in [1.54, 1.807) is 0 Å². The molecule has 11 rings (SSSR count). The van der Waals surface area contributed by atoms with Gasteiger partial charge in [-0.05, 0) is 98.1 Å². The molecule has 2 heterocycles. The van der Waals surface area contributed by atoms with E-state index >= 15 is 0 Å². The van der Waals surface area contributed by atoms with E-state index in [1.807, 2.05) is 60.3 Å². The molecule has 58 heavy (non-hydrogen) atoms. The number of fused-ring (bicyclic) bond motifs is 9. The molecule has 0 saturated heterocycles. The summed E-state index contributed by atoms with van der Waals surface area (Å²) in [7, 11) is 0. The molecule has 1 aliphatic carbocycles. The quantitative estimate of drug-likeness (QED) is 0.175. The molecule has 0 N–H and O–H groups in total. The van der Waals surface area contributed by atoms with Crippen molar-refractivity contribution in [1.82, 2.24) is 15.0 Å². The van der Waals surface area contributed by atoms with Crippen molar-refractivity contribution in [2.24, 2.45) is 0 Å². The lowest BCUT2D eigenvalue weighted by Gasteiger charge is -2.40. The van der Waals surface area contributed by atoms with Crippen LogP contribution in [0, 0.1) is 11.3 Å². The summed E-state index contributed by atoms with van der Waals surface area (Å²) in [6, 6.07) is 70.4. The average Bonchev–Trinajstić information content (AvgIpc) is 3.60. The molecular weight excluding hydrogens is 725 g/mol. The maximum atomic E-state index is 9.52. The first kappa shape index (κ1) is 33.9. The van der Waals surface area contributed by atoms with Crippen LogP contribution in [0.1, 0.15) is 27.8 Å². The van der Waals surface area contributed by atoms with Crippen molar-refractivity contribution in [3.63, 3.8) is 0 Å². The van der Waals surface area contributed by atoms with Gasteiger partial charge < -0.3 is 0 Å². The van der Waals surface area contributed by atoms with Crippen molar-refractivity contribution in [2.75, 3.05) is 0 Å².